The number of hydrogen-bond donors (Lipinski definition) is 1. The summed E-state index contributed by atoms with van der Waals surface area (Å²) in [4.78, 5) is 2.63. The highest BCUT2D eigenvalue weighted by Gasteiger charge is 2.34. The van der Waals surface area contributed by atoms with Crippen LogP contribution in [0.3, 0.4) is 0 Å². The topological polar surface area (TPSA) is 38.5 Å². The Morgan fingerprint density at radius 3 is 2.94 bits per heavy atom. The van der Waals surface area contributed by atoms with Crippen molar-refractivity contribution in [2.24, 2.45) is 5.73 Å². The first-order chi connectivity index (χ1) is 7.73. The van der Waals surface area contributed by atoms with E-state index >= 15 is 0 Å². The van der Waals surface area contributed by atoms with Gasteiger partial charge in [-0.15, -0.1) is 0 Å². The Labute approximate surface area is 99.3 Å². The number of likely N-dealkylation sites (tertiary alicyclic amines) is 1. The molecule has 0 saturated carbocycles. The normalized spacial score (nSPS) is 37.5. The maximum Gasteiger partial charge on any atom is 0.0659 e. The number of rotatable bonds is 3. The van der Waals surface area contributed by atoms with Gasteiger partial charge < -0.3 is 10.5 Å². The van der Waals surface area contributed by atoms with Crippen LogP contribution >= 0.6 is 0 Å². The van der Waals surface area contributed by atoms with Crippen LogP contribution in [0.25, 0.3) is 0 Å². The SMILES string of the molecule is CCC1CCCCCN1CC1(N)CCOC1. The zero-order valence-corrected chi connectivity index (χ0v) is 10.6. The van der Waals surface area contributed by atoms with Crippen LogP contribution < -0.4 is 5.73 Å². The molecular formula is C13H26N2O. The molecule has 0 radical (unpaired) electrons. The second-order valence-electron chi connectivity index (χ2n) is 5.55. The molecule has 0 bridgehead atoms. The summed E-state index contributed by atoms with van der Waals surface area (Å²) in [7, 11) is 0. The molecule has 0 aromatic heterocycles. The average molecular weight is 226 g/mol. The Morgan fingerprint density at radius 1 is 1.38 bits per heavy atom. The fourth-order valence-corrected chi connectivity index (χ4v) is 3.06. The molecule has 94 valence electrons. The van der Waals surface area contributed by atoms with Crippen molar-refractivity contribution in [1.29, 1.82) is 0 Å². The van der Waals surface area contributed by atoms with E-state index < -0.39 is 0 Å². The van der Waals surface area contributed by atoms with E-state index in [1.54, 1.807) is 0 Å². The standard InChI is InChI=1S/C13H26N2O/c1-2-12-6-4-3-5-8-15(12)10-13(14)7-9-16-11-13/h12H,2-11,14H2,1H3. The van der Waals surface area contributed by atoms with Gasteiger partial charge in [0, 0.05) is 19.2 Å². The lowest BCUT2D eigenvalue weighted by molar-refractivity contribution is 0.126. The van der Waals surface area contributed by atoms with Gasteiger partial charge in [0.15, 0.2) is 0 Å². The van der Waals surface area contributed by atoms with E-state index in [0.717, 1.165) is 32.2 Å². The lowest BCUT2D eigenvalue weighted by Gasteiger charge is -2.35. The van der Waals surface area contributed by atoms with Crippen molar-refractivity contribution in [2.75, 3.05) is 26.3 Å². The molecule has 2 rings (SSSR count). The molecule has 0 aromatic carbocycles. The summed E-state index contributed by atoms with van der Waals surface area (Å²) in [5, 5.41) is 0. The lowest BCUT2D eigenvalue weighted by Crippen LogP contribution is -2.53. The first-order valence-corrected chi connectivity index (χ1v) is 6.84. The van der Waals surface area contributed by atoms with Crippen LogP contribution in [0.2, 0.25) is 0 Å². The van der Waals surface area contributed by atoms with Crippen LogP contribution in [0.5, 0.6) is 0 Å². The Morgan fingerprint density at radius 2 is 2.25 bits per heavy atom. The zero-order valence-electron chi connectivity index (χ0n) is 10.6. The zero-order chi connectivity index (χ0) is 11.4. The molecule has 16 heavy (non-hydrogen) atoms. The van der Waals surface area contributed by atoms with E-state index in [0.29, 0.717) is 0 Å². The number of hydrogen-bond acceptors (Lipinski definition) is 3. The summed E-state index contributed by atoms with van der Waals surface area (Å²) >= 11 is 0. The maximum atomic E-state index is 6.39. The molecule has 2 unspecified atom stereocenters. The van der Waals surface area contributed by atoms with Gasteiger partial charge in [0.05, 0.1) is 12.1 Å². The van der Waals surface area contributed by atoms with Gasteiger partial charge in [-0.05, 0) is 32.2 Å². The Hall–Kier alpha value is -0.120. The van der Waals surface area contributed by atoms with Crippen LogP contribution in [0.4, 0.5) is 0 Å². The smallest absolute Gasteiger partial charge is 0.0659 e. The van der Waals surface area contributed by atoms with Crippen molar-refractivity contribution in [2.45, 2.75) is 57.0 Å². The first kappa shape index (κ1) is 12.3. The summed E-state index contributed by atoms with van der Waals surface area (Å²) < 4.78 is 5.45. The lowest BCUT2D eigenvalue weighted by atomic mass is 9.97. The van der Waals surface area contributed by atoms with E-state index in [4.69, 9.17) is 10.5 Å². The minimum Gasteiger partial charge on any atom is -0.379 e. The number of ether oxygens (including phenoxy) is 1. The Bertz CT molecular complexity index is 214. The molecule has 2 heterocycles. The van der Waals surface area contributed by atoms with E-state index in [1.807, 2.05) is 0 Å². The van der Waals surface area contributed by atoms with Crippen molar-refractivity contribution in [3.8, 4) is 0 Å². The molecular weight excluding hydrogens is 200 g/mol. The van der Waals surface area contributed by atoms with Crippen LogP contribution in [0.15, 0.2) is 0 Å². The molecule has 2 aliphatic heterocycles. The van der Waals surface area contributed by atoms with Crippen molar-refractivity contribution >= 4 is 0 Å². The van der Waals surface area contributed by atoms with Crippen LogP contribution in [0.1, 0.15) is 45.4 Å². The molecule has 0 aliphatic carbocycles. The fourth-order valence-electron chi connectivity index (χ4n) is 3.06. The van der Waals surface area contributed by atoms with Gasteiger partial charge in [-0.25, -0.2) is 0 Å². The van der Waals surface area contributed by atoms with Crippen LogP contribution in [0, 0.1) is 0 Å². The summed E-state index contributed by atoms with van der Waals surface area (Å²) in [5.41, 5.74) is 6.32. The largest absolute Gasteiger partial charge is 0.379 e. The van der Waals surface area contributed by atoms with Crippen molar-refractivity contribution < 1.29 is 4.74 Å². The molecule has 2 saturated heterocycles. The highest BCUT2D eigenvalue weighted by molar-refractivity contribution is 4.93. The summed E-state index contributed by atoms with van der Waals surface area (Å²) in [6.07, 6.45) is 7.77. The van der Waals surface area contributed by atoms with Gasteiger partial charge in [0.2, 0.25) is 0 Å². The third kappa shape index (κ3) is 2.96. The van der Waals surface area contributed by atoms with Gasteiger partial charge in [-0.2, -0.15) is 0 Å². The van der Waals surface area contributed by atoms with E-state index in [9.17, 15) is 0 Å². The highest BCUT2D eigenvalue weighted by atomic mass is 16.5. The van der Waals surface area contributed by atoms with E-state index in [-0.39, 0.29) is 5.54 Å². The quantitative estimate of drug-likeness (QED) is 0.797. The van der Waals surface area contributed by atoms with Crippen LogP contribution in [-0.2, 0) is 4.74 Å². The molecule has 0 aromatic rings. The maximum absolute atomic E-state index is 6.39. The Kier molecular flexibility index (Phi) is 4.22. The average Bonchev–Trinajstić information content (AvgIpc) is 2.57. The third-order valence-corrected chi connectivity index (χ3v) is 4.12. The second kappa shape index (κ2) is 5.48. The van der Waals surface area contributed by atoms with Crippen molar-refractivity contribution in [3.63, 3.8) is 0 Å². The number of nitrogens with zero attached hydrogens (tertiary/aromatic N) is 1. The number of nitrogens with two attached hydrogens (primary N) is 1. The van der Waals surface area contributed by atoms with Gasteiger partial charge >= 0.3 is 0 Å². The van der Waals surface area contributed by atoms with Crippen molar-refractivity contribution in [1.82, 2.24) is 4.90 Å². The highest BCUT2D eigenvalue weighted by Crippen LogP contribution is 2.24. The van der Waals surface area contributed by atoms with Gasteiger partial charge in [0.1, 0.15) is 0 Å². The first-order valence-electron chi connectivity index (χ1n) is 6.84. The molecule has 0 amide bonds. The van der Waals surface area contributed by atoms with Gasteiger partial charge in [-0.1, -0.05) is 19.8 Å². The molecule has 3 nitrogen and oxygen atoms in total. The predicted molar refractivity (Wildman–Crippen MR) is 66.5 cm³/mol. The van der Waals surface area contributed by atoms with E-state index in [1.165, 1.54) is 38.6 Å². The second-order valence-corrected chi connectivity index (χ2v) is 5.55. The third-order valence-electron chi connectivity index (χ3n) is 4.12. The predicted octanol–water partition coefficient (Wildman–Crippen LogP) is 1.76. The molecule has 2 aliphatic rings. The van der Waals surface area contributed by atoms with Crippen LogP contribution in [-0.4, -0.2) is 42.8 Å². The van der Waals surface area contributed by atoms with E-state index in [2.05, 4.69) is 11.8 Å². The summed E-state index contributed by atoms with van der Waals surface area (Å²) in [6, 6.07) is 0.753. The molecule has 2 fully saturated rings. The van der Waals surface area contributed by atoms with Gasteiger partial charge in [-0.3, -0.25) is 4.90 Å². The summed E-state index contributed by atoms with van der Waals surface area (Å²) in [6.45, 7) is 6.17. The minimum atomic E-state index is -0.0717. The fraction of sp³-hybridized carbons (Fsp3) is 1.00. The summed E-state index contributed by atoms with van der Waals surface area (Å²) in [5.74, 6) is 0. The monoisotopic (exact) mass is 226 g/mol. The van der Waals surface area contributed by atoms with Gasteiger partial charge in [0.25, 0.3) is 0 Å². The Balaban J connectivity index is 1.94. The van der Waals surface area contributed by atoms with Crippen molar-refractivity contribution in [3.05, 3.63) is 0 Å². The minimum absolute atomic E-state index is 0.0717. The molecule has 2 N–H and O–H groups in total. The molecule has 3 heteroatoms. The molecule has 0 spiro atoms. The molecule has 2 atom stereocenters.